The lowest BCUT2D eigenvalue weighted by Crippen LogP contribution is -2.49. The van der Waals surface area contributed by atoms with E-state index in [0.29, 0.717) is 23.7 Å². The van der Waals surface area contributed by atoms with E-state index < -0.39 is 20.3 Å². The summed E-state index contributed by atoms with van der Waals surface area (Å²) in [6.07, 6.45) is 0.657. The van der Waals surface area contributed by atoms with Gasteiger partial charge < -0.3 is 10.4 Å². The van der Waals surface area contributed by atoms with Crippen LogP contribution in [0.1, 0.15) is 41.0 Å². The number of hydrogen-bond donors (Lipinski definition) is 2. The molecule has 0 bridgehead atoms. The monoisotopic (exact) mass is 360 g/mol. The second kappa shape index (κ2) is 5.83. The zero-order valence-corrected chi connectivity index (χ0v) is 15.8. The van der Waals surface area contributed by atoms with E-state index in [9.17, 15) is 13.5 Å². The lowest BCUT2D eigenvalue weighted by molar-refractivity contribution is 0.284. The van der Waals surface area contributed by atoms with Gasteiger partial charge in [-0.05, 0) is 53.2 Å². The van der Waals surface area contributed by atoms with Gasteiger partial charge in [-0.2, -0.15) is 4.31 Å². The molecule has 1 saturated heterocycles. The summed E-state index contributed by atoms with van der Waals surface area (Å²) in [5.41, 5.74) is 0.0800. The number of sulfonamides is 1. The van der Waals surface area contributed by atoms with Crippen molar-refractivity contribution < 1.29 is 13.5 Å². The smallest absolute Gasteiger partial charge is 0.219 e. The Kier molecular flexibility index (Phi) is 4.65. The Morgan fingerprint density at radius 3 is 2.48 bits per heavy atom. The molecule has 2 rings (SSSR count). The van der Waals surface area contributed by atoms with Gasteiger partial charge >= 0.3 is 0 Å². The first kappa shape index (κ1) is 18.4. The molecule has 1 aromatic carbocycles. The van der Waals surface area contributed by atoms with Crippen molar-refractivity contribution in [2.24, 2.45) is 0 Å². The van der Waals surface area contributed by atoms with E-state index in [1.165, 1.54) is 6.07 Å². The maximum Gasteiger partial charge on any atom is 0.219 e. The van der Waals surface area contributed by atoms with Gasteiger partial charge in [-0.3, -0.25) is 0 Å². The zero-order valence-electron chi connectivity index (χ0n) is 14.2. The van der Waals surface area contributed by atoms with Crippen LogP contribution in [0, 0.1) is 0 Å². The molecule has 1 unspecified atom stereocenters. The largest absolute Gasteiger partial charge is 0.506 e. The molecule has 1 aliphatic heterocycles. The Hall–Kier alpha value is -0.980. The average molecular weight is 361 g/mol. The third-order valence-corrected chi connectivity index (χ3v) is 7.20. The molecule has 0 aromatic heterocycles. The summed E-state index contributed by atoms with van der Waals surface area (Å²) >= 11 is 5.84. The highest BCUT2D eigenvalue weighted by Gasteiger charge is 2.49. The van der Waals surface area contributed by atoms with E-state index in [0.717, 1.165) is 0 Å². The second-order valence-electron chi connectivity index (χ2n) is 7.67. The number of phenolic OH excluding ortho intramolecular Hbond substituents is 1. The van der Waals surface area contributed by atoms with Crippen molar-refractivity contribution in [3.63, 3.8) is 0 Å². The molecule has 0 amide bonds. The van der Waals surface area contributed by atoms with Crippen molar-refractivity contribution in [2.75, 3.05) is 11.9 Å². The standard InChI is InChI=1S/C16H25ClN2O3S/c1-15(2,3)23(21,22)19-10-12(9-16(19,4)5)18-13-7-6-11(17)8-14(13)20/h6-8,12,18,20H,9-10H2,1-5H3. The summed E-state index contributed by atoms with van der Waals surface area (Å²) in [6.45, 7) is 9.37. The van der Waals surface area contributed by atoms with Crippen LogP contribution in [0.2, 0.25) is 5.02 Å². The van der Waals surface area contributed by atoms with Crippen LogP contribution < -0.4 is 5.32 Å². The highest BCUT2D eigenvalue weighted by molar-refractivity contribution is 7.90. The minimum absolute atomic E-state index is 0.0624. The minimum atomic E-state index is -3.42. The molecule has 5 nitrogen and oxygen atoms in total. The molecule has 1 fully saturated rings. The fraction of sp³-hybridized carbons (Fsp3) is 0.625. The first-order valence-corrected chi connectivity index (χ1v) is 9.44. The summed E-state index contributed by atoms with van der Waals surface area (Å²) in [5, 5.41) is 13.6. The number of anilines is 1. The maximum atomic E-state index is 12.8. The Morgan fingerprint density at radius 2 is 1.96 bits per heavy atom. The van der Waals surface area contributed by atoms with Gasteiger partial charge in [-0.15, -0.1) is 0 Å². The maximum absolute atomic E-state index is 12.8. The number of nitrogens with zero attached hydrogens (tertiary/aromatic N) is 1. The average Bonchev–Trinajstić information content (AvgIpc) is 2.67. The molecule has 1 atom stereocenters. The van der Waals surface area contributed by atoms with Crippen molar-refractivity contribution in [2.45, 2.75) is 57.4 Å². The molecular formula is C16H25ClN2O3S. The molecule has 7 heteroatoms. The van der Waals surface area contributed by atoms with Gasteiger partial charge in [0.15, 0.2) is 0 Å². The third kappa shape index (κ3) is 3.59. The van der Waals surface area contributed by atoms with Crippen molar-refractivity contribution in [1.82, 2.24) is 4.31 Å². The zero-order chi connectivity index (χ0) is 17.6. The van der Waals surface area contributed by atoms with Crippen LogP contribution in [-0.4, -0.2) is 40.7 Å². The molecule has 0 spiro atoms. The fourth-order valence-corrected chi connectivity index (χ4v) is 4.84. The van der Waals surface area contributed by atoms with E-state index in [4.69, 9.17) is 11.6 Å². The predicted octanol–water partition coefficient (Wildman–Crippen LogP) is 3.44. The highest BCUT2D eigenvalue weighted by atomic mass is 35.5. The molecule has 23 heavy (non-hydrogen) atoms. The van der Waals surface area contributed by atoms with E-state index in [1.807, 2.05) is 13.8 Å². The summed E-state index contributed by atoms with van der Waals surface area (Å²) in [4.78, 5) is 0. The topological polar surface area (TPSA) is 69.6 Å². The summed E-state index contributed by atoms with van der Waals surface area (Å²) in [7, 11) is -3.42. The number of hydrogen-bond acceptors (Lipinski definition) is 4. The van der Waals surface area contributed by atoms with E-state index in [2.05, 4.69) is 5.32 Å². The molecule has 0 aliphatic carbocycles. The van der Waals surface area contributed by atoms with Crippen LogP contribution in [-0.2, 0) is 10.0 Å². The Labute approximate surface area is 143 Å². The fourth-order valence-electron chi connectivity index (χ4n) is 2.91. The van der Waals surface area contributed by atoms with E-state index >= 15 is 0 Å². The molecule has 1 aliphatic rings. The Morgan fingerprint density at radius 1 is 1.35 bits per heavy atom. The van der Waals surface area contributed by atoms with Gasteiger partial charge in [0, 0.05) is 29.2 Å². The van der Waals surface area contributed by atoms with E-state index in [-0.39, 0.29) is 11.8 Å². The van der Waals surface area contributed by atoms with Crippen molar-refractivity contribution in [1.29, 1.82) is 0 Å². The first-order chi connectivity index (χ1) is 10.3. The molecule has 0 saturated carbocycles. The van der Waals surface area contributed by atoms with Crippen LogP contribution in [0.3, 0.4) is 0 Å². The van der Waals surface area contributed by atoms with Crippen LogP contribution in [0.25, 0.3) is 0 Å². The number of nitrogens with one attached hydrogen (secondary N) is 1. The minimum Gasteiger partial charge on any atom is -0.506 e. The molecule has 1 aromatic rings. The number of rotatable bonds is 3. The third-order valence-electron chi connectivity index (χ3n) is 4.19. The van der Waals surface area contributed by atoms with Gasteiger partial charge in [0.05, 0.1) is 10.4 Å². The van der Waals surface area contributed by atoms with E-state index in [1.54, 1.807) is 37.2 Å². The van der Waals surface area contributed by atoms with Gasteiger partial charge in [-0.25, -0.2) is 8.42 Å². The molecule has 1 heterocycles. The lowest BCUT2D eigenvalue weighted by atomic mass is 10.0. The molecule has 2 N–H and O–H groups in total. The first-order valence-electron chi connectivity index (χ1n) is 7.62. The number of halogens is 1. The normalized spacial score (nSPS) is 22.3. The molecule has 0 radical (unpaired) electrons. The van der Waals surface area contributed by atoms with Crippen LogP contribution in [0.5, 0.6) is 5.75 Å². The number of phenols is 1. The Balaban J connectivity index is 2.23. The summed E-state index contributed by atoms with van der Waals surface area (Å²) < 4.78 is 26.4. The quantitative estimate of drug-likeness (QED) is 0.810. The van der Waals surface area contributed by atoms with Crippen LogP contribution >= 0.6 is 11.6 Å². The number of benzene rings is 1. The van der Waals surface area contributed by atoms with Gasteiger partial charge in [0.1, 0.15) is 5.75 Å². The summed E-state index contributed by atoms with van der Waals surface area (Å²) in [6, 6.07) is 4.78. The van der Waals surface area contributed by atoms with Crippen LogP contribution in [0.15, 0.2) is 18.2 Å². The SMILES string of the molecule is CC1(C)CC(Nc2ccc(Cl)cc2O)CN1S(=O)(=O)C(C)(C)C. The predicted molar refractivity (Wildman–Crippen MR) is 94.6 cm³/mol. The van der Waals surface area contributed by atoms with Gasteiger partial charge in [0.2, 0.25) is 10.0 Å². The summed E-state index contributed by atoms with van der Waals surface area (Å²) in [5.74, 6) is 0.0624. The Bertz CT molecular complexity index is 696. The van der Waals surface area contributed by atoms with Gasteiger partial charge in [-0.1, -0.05) is 11.6 Å². The molecular weight excluding hydrogens is 336 g/mol. The highest BCUT2D eigenvalue weighted by Crippen LogP contribution is 2.38. The second-order valence-corrected chi connectivity index (χ2v) is 10.7. The molecule has 130 valence electrons. The van der Waals surface area contributed by atoms with Crippen molar-refractivity contribution in [3.05, 3.63) is 23.2 Å². The van der Waals surface area contributed by atoms with Crippen molar-refractivity contribution in [3.8, 4) is 5.75 Å². The van der Waals surface area contributed by atoms with Crippen molar-refractivity contribution >= 4 is 27.3 Å². The lowest BCUT2D eigenvalue weighted by Gasteiger charge is -2.35. The number of aromatic hydroxyl groups is 1. The van der Waals surface area contributed by atoms with Crippen LogP contribution in [0.4, 0.5) is 5.69 Å². The van der Waals surface area contributed by atoms with Gasteiger partial charge in [0.25, 0.3) is 0 Å².